The van der Waals surface area contributed by atoms with Gasteiger partial charge in [-0.25, -0.2) is 0 Å². The van der Waals surface area contributed by atoms with Crippen LogP contribution in [0.2, 0.25) is 0 Å². The van der Waals surface area contributed by atoms with E-state index in [1.807, 2.05) is 0 Å². The number of ether oxygens (including phenoxy) is 3. The molecule has 4 nitrogen and oxygen atoms in total. The van der Waals surface area contributed by atoms with Crippen LogP contribution in [0.15, 0.2) is 0 Å². The number of hydrogen-bond acceptors (Lipinski definition) is 4. The van der Waals surface area contributed by atoms with Gasteiger partial charge in [-0.3, -0.25) is 4.98 Å². The maximum absolute atomic E-state index is 13.3. The van der Waals surface area contributed by atoms with Gasteiger partial charge in [0, 0.05) is 0 Å². The first-order valence-electron chi connectivity index (χ1n) is 7.34. The zero-order valence-corrected chi connectivity index (χ0v) is 15.1. The summed E-state index contributed by atoms with van der Waals surface area (Å²) in [6, 6.07) is 0. The van der Waals surface area contributed by atoms with Crippen LogP contribution in [-0.4, -0.2) is 31.1 Å². The van der Waals surface area contributed by atoms with Crippen LogP contribution < -0.4 is 38.7 Å². The van der Waals surface area contributed by atoms with Gasteiger partial charge in [-0.2, -0.15) is 18.8 Å². The summed E-state index contributed by atoms with van der Waals surface area (Å²) >= 11 is 0. The fraction of sp³-hybridized carbons (Fsp3) is 0.667. The van der Waals surface area contributed by atoms with E-state index in [4.69, 9.17) is 22.1 Å². The largest absolute Gasteiger partial charge is 1.00 e. The molecule has 1 rings (SSSR count). The first-order valence-corrected chi connectivity index (χ1v) is 7.34. The number of aromatic nitrogens is 1. The van der Waals surface area contributed by atoms with Gasteiger partial charge in [-0.15, -0.1) is 0 Å². The summed E-state index contributed by atoms with van der Waals surface area (Å²) in [7, 11) is 5.67. The molecule has 0 amide bonds. The Morgan fingerprint density at radius 3 is 1.54 bits per heavy atom. The van der Waals surface area contributed by atoms with Crippen molar-refractivity contribution in [1.29, 1.82) is 0 Å². The van der Waals surface area contributed by atoms with Gasteiger partial charge in [0.15, 0.2) is 11.4 Å². The molecule has 0 atom stereocenters. The second-order valence-corrected chi connectivity index (χ2v) is 5.83. The van der Waals surface area contributed by atoms with Gasteiger partial charge < -0.3 is 22.1 Å². The van der Waals surface area contributed by atoms with Crippen molar-refractivity contribution in [3.05, 3.63) is 5.69 Å². The van der Waals surface area contributed by atoms with Crippen LogP contribution in [0, 0.1) is 0 Å². The van der Waals surface area contributed by atoms with Crippen molar-refractivity contribution in [3.8, 4) is 17.2 Å². The quantitative estimate of drug-likeness (QED) is 0.698. The molecule has 1 aromatic rings. The molecule has 0 saturated heterocycles. The van der Waals surface area contributed by atoms with Gasteiger partial charge in [0.05, 0.1) is 18.3 Å². The van der Waals surface area contributed by atoms with E-state index in [-0.39, 0.29) is 36.5 Å². The summed E-state index contributed by atoms with van der Waals surface area (Å²) in [5, 5.41) is 0. The average molecular weight is 338 g/mol. The van der Waals surface area contributed by atoms with Crippen LogP contribution in [0.3, 0.4) is 0 Å². The number of nitrogens with zero attached hydrogens (tertiary/aromatic N) is 1. The molecule has 129 valence electrons. The first kappa shape index (κ1) is 23.0. The zero-order chi connectivity index (χ0) is 17.9. The minimum Gasteiger partial charge on any atom is -0.548 e. The third kappa shape index (κ3) is 6.14. The molecule has 0 aliphatic rings. The number of rotatable bonds is 6. The van der Waals surface area contributed by atoms with Crippen molar-refractivity contribution >= 4 is 13.4 Å². The van der Waals surface area contributed by atoms with Crippen LogP contribution in [0.25, 0.3) is 0 Å². The predicted octanol–water partition coefficient (Wildman–Crippen LogP) is 0.260. The Bertz CT molecular complexity index is 552. The van der Waals surface area contributed by atoms with E-state index in [0.29, 0.717) is 0 Å². The predicted molar refractivity (Wildman–Crippen MR) is 81.9 cm³/mol. The minimum atomic E-state index is -4.73. The summed E-state index contributed by atoms with van der Waals surface area (Å²) in [5.74, 6) is -0.731. The Hall–Kier alpha value is -0.998. The Morgan fingerprint density at radius 1 is 0.792 bits per heavy atom. The zero-order valence-electron chi connectivity index (χ0n) is 15.1. The fourth-order valence-corrected chi connectivity index (χ4v) is 1.78. The summed E-state index contributed by atoms with van der Waals surface area (Å²) in [6.45, 7) is 10.0. The Kier molecular flexibility index (Phi) is 8.54. The average Bonchev–Trinajstić information content (AvgIpc) is 2.33. The van der Waals surface area contributed by atoms with E-state index in [9.17, 15) is 13.2 Å². The molecular formula is C15H21BF3LiNO3. The Balaban J connectivity index is 0.00000529. The second kappa shape index (κ2) is 8.91. The number of pyridine rings is 1. The molecule has 0 bridgehead atoms. The molecule has 0 aromatic carbocycles. The molecule has 24 heavy (non-hydrogen) atoms. The van der Waals surface area contributed by atoms with Crippen molar-refractivity contribution in [1.82, 2.24) is 4.98 Å². The van der Waals surface area contributed by atoms with Gasteiger partial charge in [0.2, 0.25) is 5.75 Å². The van der Waals surface area contributed by atoms with Gasteiger partial charge in [-0.1, -0.05) is 0 Å². The molecule has 9 heteroatoms. The monoisotopic (exact) mass is 338 g/mol. The standard InChI is InChI=1S/C15H21BF3NO3.Li/c1-7(2)21-10-11(22-8(3)4)13(15(17,18)19)20-14(16)12(10)23-9(5)6;/h7-9H,1-6H3;/q-1;+1. The third-order valence-corrected chi connectivity index (χ3v) is 2.42. The molecule has 0 fully saturated rings. The van der Waals surface area contributed by atoms with Crippen LogP contribution in [0.4, 0.5) is 13.2 Å². The van der Waals surface area contributed by atoms with Gasteiger partial charge in [0.25, 0.3) is 0 Å². The molecule has 0 spiro atoms. The second-order valence-electron chi connectivity index (χ2n) is 5.83. The fourth-order valence-electron chi connectivity index (χ4n) is 1.78. The molecule has 0 N–H and O–H groups in total. The van der Waals surface area contributed by atoms with Crippen LogP contribution >= 0.6 is 0 Å². The number of alkyl halides is 3. The third-order valence-electron chi connectivity index (χ3n) is 2.42. The summed E-state index contributed by atoms with van der Waals surface area (Å²) < 4.78 is 56.3. The van der Waals surface area contributed by atoms with E-state index in [0.717, 1.165) is 0 Å². The van der Waals surface area contributed by atoms with E-state index < -0.39 is 35.4 Å². The van der Waals surface area contributed by atoms with E-state index in [1.165, 1.54) is 0 Å². The van der Waals surface area contributed by atoms with Crippen LogP contribution in [0.5, 0.6) is 17.2 Å². The summed E-state index contributed by atoms with van der Waals surface area (Å²) in [5.41, 5.74) is -1.62. The summed E-state index contributed by atoms with van der Waals surface area (Å²) in [4.78, 5) is 3.44. The van der Waals surface area contributed by atoms with Crippen molar-refractivity contribution < 1.29 is 46.2 Å². The first-order chi connectivity index (χ1) is 10.4. The topological polar surface area (TPSA) is 40.6 Å². The molecule has 1 heterocycles. The van der Waals surface area contributed by atoms with Gasteiger partial charge in [0.1, 0.15) is 5.75 Å². The molecular weight excluding hydrogens is 317 g/mol. The Labute approximate surface area is 154 Å². The Morgan fingerprint density at radius 2 is 1.17 bits per heavy atom. The normalized spacial score (nSPS) is 11.7. The number of hydrogen-bond donors (Lipinski definition) is 0. The maximum Gasteiger partial charge on any atom is 1.00 e. The molecule has 3 radical (unpaired) electrons. The molecule has 0 saturated carbocycles. The smallest absolute Gasteiger partial charge is 0.548 e. The molecule has 1 aromatic heterocycles. The van der Waals surface area contributed by atoms with Crippen LogP contribution in [-0.2, 0) is 6.18 Å². The van der Waals surface area contributed by atoms with Crippen molar-refractivity contribution in [2.45, 2.75) is 66.0 Å². The minimum absolute atomic E-state index is 0. The van der Waals surface area contributed by atoms with Crippen molar-refractivity contribution in [3.63, 3.8) is 0 Å². The van der Waals surface area contributed by atoms with E-state index in [1.54, 1.807) is 41.5 Å². The van der Waals surface area contributed by atoms with Crippen molar-refractivity contribution in [2.75, 3.05) is 0 Å². The maximum atomic E-state index is 13.3. The molecule has 0 aliphatic carbocycles. The number of halogens is 3. The van der Waals surface area contributed by atoms with Crippen LogP contribution in [0.1, 0.15) is 47.2 Å². The van der Waals surface area contributed by atoms with E-state index in [2.05, 4.69) is 4.98 Å². The van der Waals surface area contributed by atoms with Gasteiger partial charge >= 0.3 is 25.0 Å². The summed E-state index contributed by atoms with van der Waals surface area (Å²) in [6.07, 6.45) is -5.97. The van der Waals surface area contributed by atoms with Gasteiger partial charge in [-0.05, 0) is 41.5 Å². The SMILES string of the molecule is [B-]c1nc(C(F)(F)F)c(OC(C)C)c(OC(C)C)c1OC(C)C.[Li+]. The molecule has 0 unspecified atom stereocenters. The molecule has 0 aliphatic heterocycles. The van der Waals surface area contributed by atoms with Crippen molar-refractivity contribution in [2.24, 2.45) is 0 Å². The van der Waals surface area contributed by atoms with E-state index >= 15 is 0 Å².